The highest BCUT2D eigenvalue weighted by atomic mass is 16.1. The number of carbonyl (C=O) groups excluding carboxylic acids is 1. The lowest BCUT2D eigenvalue weighted by molar-refractivity contribution is 0.102. The smallest absolute Gasteiger partial charge is 0.255 e. The van der Waals surface area contributed by atoms with Gasteiger partial charge in [-0.3, -0.25) is 4.79 Å². The molecule has 1 amide bonds. The van der Waals surface area contributed by atoms with Crippen molar-refractivity contribution in [2.24, 2.45) is 0 Å². The Morgan fingerprint density at radius 1 is 1.04 bits per heavy atom. The molecule has 6 nitrogen and oxygen atoms in total. The standard InChI is InChI=1S/C19H15N5O/c1-13-9-18(22-12-21-13)23-16-5-7-17(8-6-16)24-19(25)15-4-2-3-14(10-15)11-20/h2-10,12H,1H3,(H,24,25)(H,21,22,23). The van der Waals surface area contributed by atoms with E-state index in [1.807, 2.05) is 31.2 Å². The van der Waals surface area contributed by atoms with Gasteiger partial charge in [0.1, 0.15) is 12.1 Å². The molecule has 3 aromatic rings. The summed E-state index contributed by atoms with van der Waals surface area (Å²) in [6.07, 6.45) is 1.50. The second-order valence-corrected chi connectivity index (χ2v) is 5.39. The Kier molecular flexibility index (Phi) is 4.67. The van der Waals surface area contributed by atoms with Gasteiger partial charge in [-0.2, -0.15) is 5.26 Å². The van der Waals surface area contributed by atoms with Crippen molar-refractivity contribution in [1.29, 1.82) is 5.26 Å². The highest BCUT2D eigenvalue weighted by molar-refractivity contribution is 6.04. The SMILES string of the molecule is Cc1cc(Nc2ccc(NC(=O)c3cccc(C#N)c3)cc2)ncn1. The normalized spacial score (nSPS) is 9.92. The van der Waals surface area contributed by atoms with Crippen LogP contribution in [0.5, 0.6) is 0 Å². The summed E-state index contributed by atoms with van der Waals surface area (Å²) in [6.45, 7) is 1.90. The molecule has 0 aliphatic carbocycles. The van der Waals surface area contributed by atoms with Crippen LogP contribution >= 0.6 is 0 Å². The molecule has 0 saturated carbocycles. The van der Waals surface area contributed by atoms with Gasteiger partial charge in [0.2, 0.25) is 0 Å². The maximum absolute atomic E-state index is 12.2. The van der Waals surface area contributed by atoms with Crippen molar-refractivity contribution in [3.63, 3.8) is 0 Å². The molecule has 0 aliphatic rings. The third-order valence-corrected chi connectivity index (χ3v) is 3.47. The van der Waals surface area contributed by atoms with Crippen molar-refractivity contribution in [1.82, 2.24) is 9.97 Å². The van der Waals surface area contributed by atoms with Crippen LogP contribution in [-0.2, 0) is 0 Å². The predicted molar refractivity (Wildman–Crippen MR) is 95.6 cm³/mol. The molecule has 0 saturated heterocycles. The summed E-state index contributed by atoms with van der Waals surface area (Å²) in [5.41, 5.74) is 3.28. The molecule has 25 heavy (non-hydrogen) atoms. The van der Waals surface area contributed by atoms with Crippen molar-refractivity contribution < 1.29 is 4.79 Å². The van der Waals surface area contributed by atoms with E-state index in [-0.39, 0.29) is 5.91 Å². The van der Waals surface area contributed by atoms with Gasteiger partial charge in [0, 0.05) is 28.7 Å². The monoisotopic (exact) mass is 329 g/mol. The van der Waals surface area contributed by atoms with Crippen LogP contribution < -0.4 is 10.6 Å². The summed E-state index contributed by atoms with van der Waals surface area (Å²) in [5, 5.41) is 14.9. The summed E-state index contributed by atoms with van der Waals surface area (Å²) in [6, 6.07) is 17.7. The number of anilines is 3. The summed E-state index contributed by atoms with van der Waals surface area (Å²) in [5.74, 6) is 0.446. The summed E-state index contributed by atoms with van der Waals surface area (Å²) < 4.78 is 0. The third-order valence-electron chi connectivity index (χ3n) is 3.47. The van der Waals surface area contributed by atoms with E-state index in [0.29, 0.717) is 22.6 Å². The van der Waals surface area contributed by atoms with Crippen molar-refractivity contribution >= 4 is 23.1 Å². The van der Waals surface area contributed by atoms with E-state index in [0.717, 1.165) is 11.4 Å². The van der Waals surface area contributed by atoms with Gasteiger partial charge < -0.3 is 10.6 Å². The minimum absolute atomic E-state index is 0.260. The van der Waals surface area contributed by atoms with Gasteiger partial charge in [-0.25, -0.2) is 9.97 Å². The number of aryl methyl sites for hydroxylation is 1. The van der Waals surface area contributed by atoms with Gasteiger partial charge in [0.05, 0.1) is 11.6 Å². The number of rotatable bonds is 4. The van der Waals surface area contributed by atoms with Crippen LogP contribution in [0, 0.1) is 18.3 Å². The van der Waals surface area contributed by atoms with Gasteiger partial charge in [0.15, 0.2) is 0 Å². The molecule has 0 fully saturated rings. The molecular formula is C19H15N5O. The molecule has 2 aromatic carbocycles. The van der Waals surface area contributed by atoms with E-state index in [1.165, 1.54) is 6.33 Å². The van der Waals surface area contributed by atoms with Gasteiger partial charge in [-0.1, -0.05) is 6.07 Å². The Hall–Kier alpha value is -3.72. The second kappa shape index (κ2) is 7.23. The van der Waals surface area contributed by atoms with Gasteiger partial charge >= 0.3 is 0 Å². The molecule has 0 radical (unpaired) electrons. The fourth-order valence-corrected chi connectivity index (χ4v) is 2.24. The fourth-order valence-electron chi connectivity index (χ4n) is 2.24. The fraction of sp³-hybridized carbons (Fsp3) is 0.0526. The Balaban J connectivity index is 1.68. The first-order chi connectivity index (χ1) is 12.1. The average Bonchev–Trinajstić information content (AvgIpc) is 2.63. The van der Waals surface area contributed by atoms with Crippen molar-refractivity contribution in [2.45, 2.75) is 6.92 Å². The molecule has 1 aromatic heterocycles. The van der Waals surface area contributed by atoms with E-state index in [9.17, 15) is 4.79 Å². The Morgan fingerprint density at radius 2 is 1.80 bits per heavy atom. The number of aromatic nitrogens is 2. The zero-order valence-corrected chi connectivity index (χ0v) is 13.5. The lowest BCUT2D eigenvalue weighted by Crippen LogP contribution is -2.11. The van der Waals surface area contributed by atoms with Crippen molar-refractivity contribution in [3.8, 4) is 6.07 Å². The predicted octanol–water partition coefficient (Wildman–Crippen LogP) is 3.65. The lowest BCUT2D eigenvalue weighted by atomic mass is 10.1. The maximum atomic E-state index is 12.2. The third kappa shape index (κ3) is 4.18. The van der Waals surface area contributed by atoms with E-state index >= 15 is 0 Å². The van der Waals surface area contributed by atoms with Crippen LogP contribution in [0.1, 0.15) is 21.6 Å². The molecule has 122 valence electrons. The Labute approximate surface area is 145 Å². The number of nitriles is 1. The van der Waals surface area contributed by atoms with E-state index in [2.05, 4.69) is 20.6 Å². The van der Waals surface area contributed by atoms with Crippen LogP contribution in [0.3, 0.4) is 0 Å². The summed E-state index contributed by atoms with van der Waals surface area (Å²) in [7, 11) is 0. The summed E-state index contributed by atoms with van der Waals surface area (Å²) >= 11 is 0. The minimum Gasteiger partial charge on any atom is -0.340 e. The number of hydrogen-bond acceptors (Lipinski definition) is 5. The summed E-state index contributed by atoms with van der Waals surface area (Å²) in [4.78, 5) is 20.4. The molecular weight excluding hydrogens is 314 g/mol. The molecule has 0 aliphatic heterocycles. The number of amides is 1. The molecule has 0 spiro atoms. The largest absolute Gasteiger partial charge is 0.340 e. The van der Waals surface area contributed by atoms with Crippen LogP contribution in [0.15, 0.2) is 60.9 Å². The number of nitrogens with one attached hydrogen (secondary N) is 2. The van der Waals surface area contributed by atoms with Crippen molar-refractivity contribution in [3.05, 3.63) is 77.7 Å². The molecule has 0 bridgehead atoms. The van der Waals surface area contributed by atoms with E-state index < -0.39 is 0 Å². The van der Waals surface area contributed by atoms with E-state index in [1.54, 1.807) is 36.4 Å². The molecule has 0 unspecified atom stereocenters. The number of hydrogen-bond donors (Lipinski definition) is 2. The van der Waals surface area contributed by atoms with Crippen LogP contribution in [-0.4, -0.2) is 15.9 Å². The quantitative estimate of drug-likeness (QED) is 0.762. The maximum Gasteiger partial charge on any atom is 0.255 e. The van der Waals surface area contributed by atoms with Gasteiger partial charge in [-0.15, -0.1) is 0 Å². The minimum atomic E-state index is -0.260. The van der Waals surface area contributed by atoms with Crippen LogP contribution in [0.25, 0.3) is 0 Å². The van der Waals surface area contributed by atoms with Gasteiger partial charge in [-0.05, 0) is 49.4 Å². The van der Waals surface area contributed by atoms with Gasteiger partial charge in [0.25, 0.3) is 5.91 Å². The molecule has 6 heteroatoms. The average molecular weight is 329 g/mol. The van der Waals surface area contributed by atoms with Crippen molar-refractivity contribution in [2.75, 3.05) is 10.6 Å². The molecule has 1 heterocycles. The highest BCUT2D eigenvalue weighted by Gasteiger charge is 2.07. The first-order valence-electron chi connectivity index (χ1n) is 7.61. The first kappa shape index (κ1) is 16.1. The van der Waals surface area contributed by atoms with Crippen LogP contribution in [0.4, 0.5) is 17.2 Å². The lowest BCUT2D eigenvalue weighted by Gasteiger charge is -2.08. The molecule has 0 atom stereocenters. The number of benzene rings is 2. The molecule has 2 N–H and O–H groups in total. The molecule has 3 rings (SSSR count). The Bertz CT molecular complexity index is 945. The highest BCUT2D eigenvalue weighted by Crippen LogP contribution is 2.18. The van der Waals surface area contributed by atoms with E-state index in [4.69, 9.17) is 5.26 Å². The van der Waals surface area contributed by atoms with Crippen LogP contribution in [0.2, 0.25) is 0 Å². The zero-order chi connectivity index (χ0) is 17.6. The number of nitrogens with zero attached hydrogens (tertiary/aromatic N) is 3. The zero-order valence-electron chi connectivity index (χ0n) is 13.5. The Morgan fingerprint density at radius 3 is 2.52 bits per heavy atom. The second-order valence-electron chi connectivity index (χ2n) is 5.39. The number of carbonyl (C=O) groups is 1. The topological polar surface area (TPSA) is 90.7 Å². The first-order valence-corrected chi connectivity index (χ1v) is 7.61.